The van der Waals surface area contributed by atoms with Crippen LogP contribution in [-0.4, -0.2) is 67.5 Å². The maximum atomic E-state index is 13.7. The number of aliphatic hydroxyl groups is 1. The molecular formula is C33H36N6O4. The number of nitrogens with one attached hydrogen (secondary N) is 1. The summed E-state index contributed by atoms with van der Waals surface area (Å²) in [4.78, 5) is 37.3. The van der Waals surface area contributed by atoms with Crippen LogP contribution in [0, 0.1) is 0 Å². The molecule has 0 spiro atoms. The fraction of sp³-hybridized carbons (Fsp3) is 0.303. The summed E-state index contributed by atoms with van der Waals surface area (Å²) in [6.45, 7) is 3.25. The fourth-order valence-electron chi connectivity index (χ4n) is 5.80. The predicted molar refractivity (Wildman–Crippen MR) is 170 cm³/mol. The van der Waals surface area contributed by atoms with Crippen LogP contribution in [0.4, 0.5) is 28.6 Å². The first-order valence-electron chi connectivity index (χ1n) is 14.5. The summed E-state index contributed by atoms with van der Waals surface area (Å²) >= 11 is 0. The van der Waals surface area contributed by atoms with Crippen molar-refractivity contribution in [2.75, 3.05) is 67.0 Å². The highest BCUT2D eigenvalue weighted by Gasteiger charge is 2.28. The zero-order chi connectivity index (χ0) is 30.1. The molecule has 0 atom stereocenters. The van der Waals surface area contributed by atoms with Crippen LogP contribution in [0.15, 0.2) is 71.8 Å². The first-order chi connectivity index (χ1) is 20.8. The Morgan fingerprint density at radius 3 is 2.53 bits per heavy atom. The summed E-state index contributed by atoms with van der Waals surface area (Å²) in [5, 5.41) is 13.8. The minimum atomic E-state index is -0.266. The van der Waals surface area contributed by atoms with Crippen molar-refractivity contribution in [2.45, 2.75) is 13.0 Å². The Labute approximate surface area is 250 Å². The van der Waals surface area contributed by atoms with Crippen LogP contribution in [0.3, 0.4) is 0 Å². The Bertz CT molecular complexity index is 1710. The number of pyridine rings is 2. The third kappa shape index (κ3) is 5.59. The first-order valence-corrected chi connectivity index (χ1v) is 14.5. The van der Waals surface area contributed by atoms with E-state index in [9.17, 15) is 14.7 Å². The van der Waals surface area contributed by atoms with Crippen molar-refractivity contribution in [1.82, 2.24) is 9.55 Å². The number of hydrogen-bond donors (Lipinski definition) is 2. The third-order valence-electron chi connectivity index (χ3n) is 8.17. The van der Waals surface area contributed by atoms with E-state index in [1.54, 1.807) is 30.4 Å². The Balaban J connectivity index is 1.30. The molecule has 4 aromatic rings. The molecule has 0 unspecified atom stereocenters. The molecule has 0 radical (unpaired) electrons. The largest absolute Gasteiger partial charge is 0.392 e. The SMILES string of the molecule is CN(C)c1ccc2c(c1)CCN(c1cccc(-c3cc(Nc4ccc(N5CCOCC5)cn4)c(=O)n(C)c3)c1CO)C2=O. The smallest absolute Gasteiger partial charge is 0.274 e. The standard InChI is InChI=1S/C33H36N6O4/c1-36(2)24-7-9-27-22(17-24)11-12-39(32(27)41)30-6-4-5-26(28(30)21-40)23-18-29(33(42)37(3)20-23)35-31-10-8-25(19-34-31)38-13-15-43-16-14-38/h4-10,17-20,40H,11-16,21H2,1-3H3,(H,34,35). The van der Waals surface area contributed by atoms with Gasteiger partial charge in [0.25, 0.3) is 11.5 Å². The van der Waals surface area contributed by atoms with E-state index in [0.717, 1.165) is 41.2 Å². The lowest BCUT2D eigenvalue weighted by Gasteiger charge is -2.31. The number of carbonyl (C=O) groups is 1. The number of aryl methyl sites for hydroxylation is 1. The van der Waals surface area contributed by atoms with Gasteiger partial charge in [-0.1, -0.05) is 12.1 Å². The second kappa shape index (κ2) is 11.9. The van der Waals surface area contributed by atoms with Gasteiger partial charge in [0.1, 0.15) is 11.5 Å². The van der Waals surface area contributed by atoms with E-state index >= 15 is 0 Å². The van der Waals surface area contributed by atoms with E-state index in [1.165, 1.54) is 4.57 Å². The van der Waals surface area contributed by atoms with Crippen LogP contribution >= 0.6 is 0 Å². The summed E-state index contributed by atoms with van der Waals surface area (Å²) in [6.07, 6.45) is 4.25. The molecule has 2 aliphatic heterocycles. The van der Waals surface area contributed by atoms with E-state index < -0.39 is 0 Å². The summed E-state index contributed by atoms with van der Waals surface area (Å²) in [6, 6.07) is 17.2. The number of carbonyl (C=O) groups excluding carboxylic acids is 1. The third-order valence-corrected chi connectivity index (χ3v) is 8.17. The molecule has 43 heavy (non-hydrogen) atoms. The number of morpholine rings is 1. The van der Waals surface area contributed by atoms with E-state index in [4.69, 9.17) is 4.74 Å². The van der Waals surface area contributed by atoms with Gasteiger partial charge in [-0.25, -0.2) is 4.98 Å². The molecule has 0 saturated carbocycles. The number of amides is 1. The summed E-state index contributed by atoms with van der Waals surface area (Å²) < 4.78 is 6.95. The molecule has 10 nitrogen and oxygen atoms in total. The van der Waals surface area contributed by atoms with E-state index in [2.05, 4.69) is 21.3 Å². The van der Waals surface area contributed by atoms with Crippen LogP contribution in [-0.2, 0) is 24.8 Å². The maximum Gasteiger partial charge on any atom is 0.274 e. The molecule has 10 heteroatoms. The van der Waals surface area contributed by atoms with Crippen LogP contribution in [0.25, 0.3) is 11.1 Å². The van der Waals surface area contributed by atoms with E-state index in [0.29, 0.717) is 54.5 Å². The molecular weight excluding hydrogens is 544 g/mol. The van der Waals surface area contributed by atoms with Gasteiger partial charge in [-0.15, -0.1) is 0 Å². The first kappa shape index (κ1) is 28.4. The number of fused-ring (bicyclic) bond motifs is 1. The second-order valence-electron chi connectivity index (χ2n) is 11.1. The maximum absolute atomic E-state index is 13.7. The Morgan fingerprint density at radius 1 is 1.00 bits per heavy atom. The highest BCUT2D eigenvalue weighted by atomic mass is 16.5. The molecule has 2 aromatic carbocycles. The van der Waals surface area contributed by atoms with Crippen LogP contribution in [0.5, 0.6) is 0 Å². The number of benzene rings is 2. The predicted octanol–water partition coefficient (Wildman–Crippen LogP) is 3.79. The van der Waals surface area contributed by atoms with Crippen LogP contribution < -0.4 is 25.6 Å². The minimum absolute atomic E-state index is 0.0900. The lowest BCUT2D eigenvalue weighted by atomic mass is 9.94. The average Bonchev–Trinajstić information content (AvgIpc) is 3.03. The van der Waals surface area contributed by atoms with Crippen LogP contribution in [0.1, 0.15) is 21.5 Å². The van der Waals surface area contributed by atoms with E-state index in [-0.39, 0.29) is 18.1 Å². The van der Waals surface area contributed by atoms with Crippen molar-refractivity contribution in [3.05, 3.63) is 94.0 Å². The quantitative estimate of drug-likeness (QED) is 0.341. The summed E-state index contributed by atoms with van der Waals surface area (Å²) in [5.41, 5.74) is 6.69. The highest BCUT2D eigenvalue weighted by molar-refractivity contribution is 6.09. The zero-order valence-corrected chi connectivity index (χ0v) is 24.7. The molecule has 1 saturated heterocycles. The molecule has 2 aliphatic rings. The van der Waals surface area contributed by atoms with Crippen molar-refractivity contribution in [1.29, 1.82) is 0 Å². The summed E-state index contributed by atoms with van der Waals surface area (Å²) in [5.74, 6) is 0.463. The Hall–Kier alpha value is -4.67. The monoisotopic (exact) mass is 580 g/mol. The molecule has 6 rings (SSSR count). The number of rotatable bonds is 7. The Morgan fingerprint density at radius 2 is 1.81 bits per heavy atom. The van der Waals surface area contributed by atoms with Crippen molar-refractivity contribution in [3.8, 4) is 11.1 Å². The number of ether oxygens (including phenoxy) is 1. The number of aromatic nitrogens is 2. The molecule has 0 aliphatic carbocycles. The number of aliphatic hydroxyl groups excluding tert-OH is 1. The van der Waals surface area contributed by atoms with Gasteiger partial charge in [-0.2, -0.15) is 0 Å². The normalized spacial score (nSPS) is 14.9. The molecule has 0 bridgehead atoms. The van der Waals surface area contributed by atoms with Gasteiger partial charge in [0.05, 0.1) is 37.4 Å². The van der Waals surface area contributed by atoms with Crippen molar-refractivity contribution >= 4 is 34.5 Å². The van der Waals surface area contributed by atoms with Gasteiger partial charge >= 0.3 is 0 Å². The molecule has 1 fully saturated rings. The van der Waals surface area contributed by atoms with Crippen molar-refractivity contribution in [2.24, 2.45) is 7.05 Å². The number of hydrogen-bond acceptors (Lipinski definition) is 8. The molecule has 2 N–H and O–H groups in total. The van der Waals surface area contributed by atoms with E-state index in [1.807, 2.05) is 61.5 Å². The molecule has 222 valence electrons. The average molecular weight is 581 g/mol. The molecule has 4 heterocycles. The van der Waals surface area contributed by atoms with Gasteiger partial charge in [-0.05, 0) is 60.0 Å². The summed E-state index contributed by atoms with van der Waals surface area (Å²) in [7, 11) is 5.66. The topological polar surface area (TPSA) is 103 Å². The fourth-order valence-corrected chi connectivity index (χ4v) is 5.80. The second-order valence-corrected chi connectivity index (χ2v) is 11.1. The number of anilines is 5. The molecule has 1 amide bonds. The molecule has 2 aromatic heterocycles. The van der Waals surface area contributed by atoms with Gasteiger partial charge in [0.2, 0.25) is 0 Å². The lowest BCUT2D eigenvalue weighted by molar-refractivity contribution is 0.0980. The van der Waals surface area contributed by atoms with Gasteiger partial charge in [0.15, 0.2) is 0 Å². The van der Waals surface area contributed by atoms with Gasteiger partial charge in [-0.3, -0.25) is 9.59 Å². The van der Waals surface area contributed by atoms with Gasteiger partial charge in [0, 0.05) is 69.4 Å². The number of nitrogens with zero attached hydrogens (tertiary/aromatic N) is 5. The highest BCUT2D eigenvalue weighted by Crippen LogP contribution is 2.35. The van der Waals surface area contributed by atoms with Crippen molar-refractivity contribution < 1.29 is 14.6 Å². The van der Waals surface area contributed by atoms with Crippen molar-refractivity contribution in [3.63, 3.8) is 0 Å². The zero-order valence-electron chi connectivity index (χ0n) is 24.7. The lowest BCUT2D eigenvalue weighted by Crippen LogP contribution is -2.38. The Kier molecular flexibility index (Phi) is 7.88. The van der Waals surface area contributed by atoms with Crippen LogP contribution in [0.2, 0.25) is 0 Å². The van der Waals surface area contributed by atoms with Gasteiger partial charge < -0.3 is 34.4 Å². The minimum Gasteiger partial charge on any atom is -0.392 e.